The van der Waals surface area contributed by atoms with E-state index in [1.807, 2.05) is 18.2 Å². The first kappa shape index (κ1) is 14.3. The van der Waals surface area contributed by atoms with E-state index in [2.05, 4.69) is 10.6 Å². The topological polar surface area (TPSA) is 93.5 Å². The largest absolute Gasteiger partial charge is 0.482 e. The molecule has 4 N–H and O–H groups in total. The van der Waals surface area contributed by atoms with Crippen molar-refractivity contribution < 1.29 is 14.3 Å². The van der Waals surface area contributed by atoms with Crippen LogP contribution in [0.4, 0.5) is 5.69 Å². The lowest BCUT2D eigenvalue weighted by molar-refractivity contribution is -0.119. The first-order valence-corrected chi connectivity index (χ1v) is 6.70. The minimum atomic E-state index is -0.254. The number of primary amides is 1. The van der Waals surface area contributed by atoms with Crippen LogP contribution in [0.3, 0.4) is 0 Å². The van der Waals surface area contributed by atoms with Gasteiger partial charge in [-0.05, 0) is 37.1 Å². The zero-order valence-electron chi connectivity index (χ0n) is 11.3. The van der Waals surface area contributed by atoms with Gasteiger partial charge in [0.1, 0.15) is 5.75 Å². The van der Waals surface area contributed by atoms with Crippen LogP contribution in [-0.4, -0.2) is 25.0 Å². The van der Waals surface area contributed by atoms with E-state index in [9.17, 15) is 9.59 Å². The highest BCUT2D eigenvalue weighted by Gasteiger charge is 2.15. The Morgan fingerprint density at radius 1 is 1.40 bits per heavy atom. The van der Waals surface area contributed by atoms with Gasteiger partial charge in [-0.1, -0.05) is 6.07 Å². The zero-order chi connectivity index (χ0) is 14.4. The minimum Gasteiger partial charge on any atom is -0.482 e. The van der Waals surface area contributed by atoms with Crippen molar-refractivity contribution in [1.82, 2.24) is 5.32 Å². The quantitative estimate of drug-likeness (QED) is 0.641. The minimum absolute atomic E-state index is 0.0739. The summed E-state index contributed by atoms with van der Waals surface area (Å²) in [6, 6.07) is 5.73. The number of ether oxygens (including phenoxy) is 1. The lowest BCUT2D eigenvalue weighted by Crippen LogP contribution is -2.25. The number of benzene rings is 1. The number of carbonyl (C=O) groups is 2. The maximum atomic E-state index is 11.2. The molecule has 0 fully saturated rings. The smallest absolute Gasteiger partial charge is 0.262 e. The van der Waals surface area contributed by atoms with Crippen LogP contribution in [0.25, 0.3) is 0 Å². The van der Waals surface area contributed by atoms with E-state index in [-0.39, 0.29) is 18.4 Å². The number of anilines is 1. The van der Waals surface area contributed by atoms with E-state index in [4.69, 9.17) is 10.5 Å². The number of rotatable bonds is 7. The highest BCUT2D eigenvalue weighted by atomic mass is 16.5. The van der Waals surface area contributed by atoms with Crippen LogP contribution in [0.15, 0.2) is 18.2 Å². The summed E-state index contributed by atoms with van der Waals surface area (Å²) in [6.07, 6.45) is 2.15. The van der Waals surface area contributed by atoms with Crippen molar-refractivity contribution in [3.05, 3.63) is 23.8 Å². The van der Waals surface area contributed by atoms with Gasteiger partial charge in [0.25, 0.3) is 5.91 Å². The van der Waals surface area contributed by atoms with Crippen molar-refractivity contribution in [3.8, 4) is 5.75 Å². The molecule has 20 heavy (non-hydrogen) atoms. The monoisotopic (exact) mass is 277 g/mol. The van der Waals surface area contributed by atoms with E-state index in [0.717, 1.165) is 24.9 Å². The van der Waals surface area contributed by atoms with E-state index in [1.165, 1.54) is 0 Å². The fourth-order valence-electron chi connectivity index (χ4n) is 2.02. The van der Waals surface area contributed by atoms with Gasteiger partial charge in [0.05, 0.1) is 5.69 Å². The van der Waals surface area contributed by atoms with E-state index < -0.39 is 0 Å². The fourth-order valence-corrected chi connectivity index (χ4v) is 2.02. The molecule has 1 aliphatic heterocycles. The second-order valence-electron chi connectivity index (χ2n) is 4.77. The van der Waals surface area contributed by atoms with Gasteiger partial charge in [-0.25, -0.2) is 0 Å². The number of fused-ring (bicyclic) bond motifs is 1. The molecule has 1 aromatic carbocycles. The Morgan fingerprint density at radius 2 is 2.25 bits per heavy atom. The average molecular weight is 277 g/mol. The van der Waals surface area contributed by atoms with Gasteiger partial charge >= 0.3 is 0 Å². The zero-order valence-corrected chi connectivity index (χ0v) is 11.3. The molecule has 1 heterocycles. The summed E-state index contributed by atoms with van der Waals surface area (Å²) in [5.41, 5.74) is 6.86. The molecule has 0 saturated carbocycles. The van der Waals surface area contributed by atoms with Crippen LogP contribution >= 0.6 is 0 Å². The van der Waals surface area contributed by atoms with Gasteiger partial charge in [-0.3, -0.25) is 9.59 Å². The van der Waals surface area contributed by atoms with Crippen LogP contribution < -0.4 is 21.1 Å². The molecule has 1 aliphatic rings. The molecule has 0 aromatic heterocycles. The predicted molar refractivity (Wildman–Crippen MR) is 75.3 cm³/mol. The van der Waals surface area contributed by atoms with E-state index >= 15 is 0 Å². The number of hydrogen-bond donors (Lipinski definition) is 3. The molecule has 0 spiro atoms. The van der Waals surface area contributed by atoms with Crippen molar-refractivity contribution in [3.63, 3.8) is 0 Å². The Bertz CT molecular complexity index is 502. The van der Waals surface area contributed by atoms with Crippen LogP contribution in [-0.2, 0) is 16.1 Å². The van der Waals surface area contributed by atoms with Crippen LogP contribution in [0.2, 0.25) is 0 Å². The Morgan fingerprint density at radius 3 is 3.05 bits per heavy atom. The first-order valence-electron chi connectivity index (χ1n) is 6.70. The number of amides is 2. The van der Waals surface area contributed by atoms with Gasteiger partial charge < -0.3 is 21.1 Å². The maximum absolute atomic E-state index is 11.2. The fraction of sp³-hybridized carbons (Fsp3) is 0.429. The highest BCUT2D eigenvalue weighted by molar-refractivity contribution is 5.95. The Kier molecular flexibility index (Phi) is 4.95. The van der Waals surface area contributed by atoms with Gasteiger partial charge in [-0.15, -0.1) is 0 Å². The van der Waals surface area contributed by atoms with Crippen molar-refractivity contribution in [2.24, 2.45) is 5.73 Å². The molecule has 6 nitrogen and oxygen atoms in total. The average Bonchev–Trinajstić information content (AvgIpc) is 2.42. The van der Waals surface area contributed by atoms with Gasteiger partial charge in [0.15, 0.2) is 6.61 Å². The molecule has 108 valence electrons. The second kappa shape index (κ2) is 6.91. The standard InChI is InChI=1S/C14H19N3O3/c15-13(18)3-1-2-6-16-8-10-4-5-12-11(7-10)17-14(19)9-20-12/h4-5,7,16H,1-3,6,8-9H2,(H2,15,18)(H,17,19). The van der Waals surface area contributed by atoms with Gasteiger partial charge in [0, 0.05) is 13.0 Å². The number of unbranched alkanes of at least 4 members (excludes halogenated alkanes) is 1. The molecule has 0 atom stereocenters. The van der Waals surface area contributed by atoms with Crippen LogP contribution in [0.5, 0.6) is 5.75 Å². The highest BCUT2D eigenvalue weighted by Crippen LogP contribution is 2.28. The molecular formula is C14H19N3O3. The molecule has 0 saturated heterocycles. The van der Waals surface area contributed by atoms with E-state index in [1.54, 1.807) is 0 Å². The molecule has 2 amide bonds. The Labute approximate surface area is 117 Å². The molecule has 2 rings (SSSR count). The Balaban J connectivity index is 1.75. The summed E-state index contributed by atoms with van der Waals surface area (Å²) in [7, 11) is 0. The molecular weight excluding hydrogens is 258 g/mol. The predicted octanol–water partition coefficient (Wildman–Crippen LogP) is 0.763. The normalized spacial score (nSPS) is 13.3. The first-order chi connectivity index (χ1) is 9.65. The summed E-state index contributed by atoms with van der Waals surface area (Å²) in [5.74, 6) is 0.319. The third-order valence-corrected chi connectivity index (χ3v) is 3.03. The summed E-state index contributed by atoms with van der Waals surface area (Å²) in [4.78, 5) is 21.8. The molecule has 6 heteroatoms. The van der Waals surface area contributed by atoms with Gasteiger partial charge in [-0.2, -0.15) is 0 Å². The Hall–Kier alpha value is -2.08. The summed E-state index contributed by atoms with van der Waals surface area (Å²) >= 11 is 0. The summed E-state index contributed by atoms with van der Waals surface area (Å²) in [6.45, 7) is 1.61. The second-order valence-corrected chi connectivity index (χ2v) is 4.77. The maximum Gasteiger partial charge on any atom is 0.262 e. The number of nitrogens with one attached hydrogen (secondary N) is 2. The molecule has 1 aromatic rings. The lowest BCUT2D eigenvalue weighted by atomic mass is 10.1. The van der Waals surface area contributed by atoms with Crippen molar-refractivity contribution >= 4 is 17.5 Å². The van der Waals surface area contributed by atoms with Gasteiger partial charge in [0.2, 0.25) is 5.91 Å². The van der Waals surface area contributed by atoms with Crippen molar-refractivity contribution in [2.75, 3.05) is 18.5 Å². The van der Waals surface area contributed by atoms with Crippen molar-refractivity contribution in [1.29, 1.82) is 0 Å². The molecule has 0 bridgehead atoms. The van der Waals surface area contributed by atoms with Crippen LogP contribution in [0, 0.1) is 0 Å². The summed E-state index contributed by atoms with van der Waals surface area (Å²) in [5, 5.41) is 6.07. The van der Waals surface area contributed by atoms with Crippen LogP contribution in [0.1, 0.15) is 24.8 Å². The van der Waals surface area contributed by atoms with E-state index in [0.29, 0.717) is 24.4 Å². The third kappa shape index (κ3) is 4.24. The number of hydrogen-bond acceptors (Lipinski definition) is 4. The molecule has 0 aliphatic carbocycles. The summed E-state index contributed by atoms with van der Waals surface area (Å²) < 4.78 is 5.29. The molecule has 0 unspecified atom stereocenters. The van der Waals surface area contributed by atoms with Crippen molar-refractivity contribution in [2.45, 2.75) is 25.8 Å². The molecule has 0 radical (unpaired) electrons. The third-order valence-electron chi connectivity index (χ3n) is 3.03. The number of carbonyl (C=O) groups excluding carboxylic acids is 2. The number of nitrogens with two attached hydrogens (primary N) is 1. The SMILES string of the molecule is NC(=O)CCCCNCc1ccc2c(c1)NC(=O)CO2. The lowest BCUT2D eigenvalue weighted by Gasteiger charge is -2.18.